The molecule has 0 aromatic rings. The van der Waals surface area contributed by atoms with E-state index in [0.29, 0.717) is 0 Å². The van der Waals surface area contributed by atoms with Gasteiger partial charge in [0, 0.05) is 0 Å². The number of hydroxylamine groups is 1. The van der Waals surface area contributed by atoms with Gasteiger partial charge in [0.15, 0.2) is 0 Å². The Morgan fingerprint density at radius 1 is 1.18 bits per heavy atom. The van der Waals surface area contributed by atoms with E-state index in [1.165, 1.54) is 7.11 Å². The highest BCUT2D eigenvalue weighted by molar-refractivity contribution is 5.85. The molecule has 6 heteroatoms. The van der Waals surface area contributed by atoms with Crippen molar-refractivity contribution < 1.29 is 19.2 Å². The lowest BCUT2D eigenvalue weighted by molar-refractivity contribution is -0.134. The molecule has 0 aliphatic heterocycles. The minimum absolute atomic E-state index is 0.0716. The number of carbonyl (C=O) groups excluding carboxylic acids is 2. The fourth-order valence-corrected chi connectivity index (χ4v) is 1.13. The van der Waals surface area contributed by atoms with Gasteiger partial charge in [0.05, 0.1) is 7.11 Å². The van der Waals surface area contributed by atoms with Crippen molar-refractivity contribution >= 4 is 12.0 Å². The molecule has 0 spiro atoms. The molecule has 2 N–H and O–H groups in total. The van der Waals surface area contributed by atoms with Crippen molar-refractivity contribution in [2.75, 3.05) is 7.11 Å². The lowest BCUT2D eigenvalue weighted by atomic mass is 10.0. The fourth-order valence-electron chi connectivity index (χ4n) is 1.13. The van der Waals surface area contributed by atoms with E-state index < -0.39 is 23.6 Å². The summed E-state index contributed by atoms with van der Waals surface area (Å²) in [7, 11) is 1.34. The van der Waals surface area contributed by atoms with E-state index in [2.05, 4.69) is 15.6 Å². The van der Waals surface area contributed by atoms with Crippen LogP contribution < -0.4 is 10.8 Å². The third-order valence-corrected chi connectivity index (χ3v) is 1.82. The topological polar surface area (TPSA) is 76.7 Å². The number of hydrogen-bond donors (Lipinski definition) is 2. The molecule has 0 unspecified atom stereocenters. The Morgan fingerprint density at radius 2 is 1.71 bits per heavy atom. The van der Waals surface area contributed by atoms with Gasteiger partial charge in [-0.2, -0.15) is 0 Å². The Bertz CT molecular complexity index is 271. The second-order valence-electron chi connectivity index (χ2n) is 5.04. The van der Waals surface area contributed by atoms with Crippen LogP contribution >= 0.6 is 0 Å². The molecule has 0 radical (unpaired) electrons. The van der Waals surface area contributed by atoms with Crippen molar-refractivity contribution in [3.8, 4) is 0 Å². The number of alkyl carbamates (subject to hydrolysis) is 1. The van der Waals surface area contributed by atoms with Gasteiger partial charge in [0.2, 0.25) is 0 Å². The van der Waals surface area contributed by atoms with Crippen molar-refractivity contribution in [1.82, 2.24) is 10.8 Å². The van der Waals surface area contributed by atoms with Crippen molar-refractivity contribution in [1.29, 1.82) is 0 Å². The zero-order chi connectivity index (χ0) is 13.6. The first-order chi connectivity index (χ1) is 7.67. The van der Waals surface area contributed by atoms with Gasteiger partial charge in [-0.15, -0.1) is 0 Å². The van der Waals surface area contributed by atoms with Crippen LogP contribution in [0.15, 0.2) is 0 Å². The lowest BCUT2D eigenvalue weighted by Crippen LogP contribution is -2.50. The summed E-state index contributed by atoms with van der Waals surface area (Å²) >= 11 is 0. The largest absolute Gasteiger partial charge is 0.444 e. The monoisotopic (exact) mass is 246 g/mol. The van der Waals surface area contributed by atoms with Gasteiger partial charge in [-0.25, -0.2) is 10.3 Å². The Morgan fingerprint density at radius 3 is 2.06 bits per heavy atom. The minimum atomic E-state index is -0.690. The van der Waals surface area contributed by atoms with Gasteiger partial charge in [-0.3, -0.25) is 9.63 Å². The standard InChI is InChI=1S/C11H22N2O4/c1-7(2)8(9(14)13-16-6)12-10(15)17-11(3,4)5/h7-8H,1-6H3,(H,12,15)(H,13,14)/t8-/m0/s1. The van der Waals surface area contributed by atoms with E-state index in [9.17, 15) is 9.59 Å². The highest BCUT2D eigenvalue weighted by atomic mass is 16.6. The summed E-state index contributed by atoms with van der Waals surface area (Å²) in [6, 6.07) is -0.690. The molecule has 0 aliphatic rings. The number of hydrogen-bond acceptors (Lipinski definition) is 4. The van der Waals surface area contributed by atoms with Crippen molar-refractivity contribution in [3.05, 3.63) is 0 Å². The number of ether oxygens (including phenoxy) is 1. The Kier molecular flexibility index (Phi) is 5.95. The highest BCUT2D eigenvalue weighted by Crippen LogP contribution is 2.08. The van der Waals surface area contributed by atoms with E-state index in [1.54, 1.807) is 20.8 Å². The molecule has 0 heterocycles. The summed E-state index contributed by atoms with van der Waals surface area (Å²) < 4.78 is 5.08. The van der Waals surface area contributed by atoms with Crippen LogP contribution in [0.3, 0.4) is 0 Å². The van der Waals surface area contributed by atoms with Crippen LogP contribution in [0.2, 0.25) is 0 Å². The SMILES string of the molecule is CONC(=O)[C@@H](NC(=O)OC(C)(C)C)C(C)C. The minimum Gasteiger partial charge on any atom is -0.444 e. The second kappa shape index (κ2) is 6.44. The lowest BCUT2D eigenvalue weighted by Gasteiger charge is -2.24. The first-order valence-corrected chi connectivity index (χ1v) is 5.49. The van der Waals surface area contributed by atoms with Crippen LogP contribution in [-0.2, 0) is 14.4 Å². The molecule has 0 rings (SSSR count). The Labute approximate surface area is 102 Å². The summed E-state index contributed by atoms with van der Waals surface area (Å²) in [4.78, 5) is 27.6. The Balaban J connectivity index is 4.46. The number of carbonyl (C=O) groups is 2. The second-order valence-corrected chi connectivity index (χ2v) is 5.04. The van der Waals surface area contributed by atoms with E-state index in [0.717, 1.165) is 0 Å². The molecule has 0 fully saturated rings. The van der Waals surface area contributed by atoms with Crippen molar-refractivity contribution in [2.24, 2.45) is 5.92 Å². The number of nitrogens with one attached hydrogen (secondary N) is 2. The Hall–Kier alpha value is -1.30. The molecule has 17 heavy (non-hydrogen) atoms. The zero-order valence-electron chi connectivity index (χ0n) is 11.3. The first-order valence-electron chi connectivity index (χ1n) is 5.49. The molecule has 2 amide bonds. The van der Waals surface area contributed by atoms with Gasteiger partial charge < -0.3 is 10.1 Å². The zero-order valence-corrected chi connectivity index (χ0v) is 11.3. The average molecular weight is 246 g/mol. The maximum absolute atomic E-state index is 11.6. The molecular formula is C11H22N2O4. The normalized spacial score (nSPS) is 13.1. The molecule has 0 aliphatic carbocycles. The molecule has 0 saturated carbocycles. The van der Waals surface area contributed by atoms with Crippen LogP contribution in [0.4, 0.5) is 4.79 Å². The summed E-state index contributed by atoms with van der Waals surface area (Å²) in [6.07, 6.45) is -0.623. The van der Waals surface area contributed by atoms with Crippen LogP contribution in [0, 0.1) is 5.92 Å². The quantitative estimate of drug-likeness (QED) is 0.731. The van der Waals surface area contributed by atoms with Crippen LogP contribution in [0.25, 0.3) is 0 Å². The summed E-state index contributed by atoms with van der Waals surface area (Å²) in [5.74, 6) is -0.481. The van der Waals surface area contributed by atoms with Gasteiger partial charge >= 0.3 is 6.09 Å². The number of rotatable bonds is 4. The van der Waals surface area contributed by atoms with Gasteiger partial charge in [0.1, 0.15) is 11.6 Å². The molecule has 0 aromatic carbocycles. The molecule has 100 valence electrons. The molecule has 0 aromatic heterocycles. The van der Waals surface area contributed by atoms with Gasteiger partial charge in [0.25, 0.3) is 5.91 Å². The third-order valence-electron chi connectivity index (χ3n) is 1.82. The van der Waals surface area contributed by atoms with Gasteiger partial charge in [-0.05, 0) is 26.7 Å². The molecule has 0 saturated heterocycles. The van der Waals surface area contributed by atoms with Gasteiger partial charge in [-0.1, -0.05) is 13.8 Å². The molecule has 1 atom stereocenters. The van der Waals surface area contributed by atoms with Crippen LogP contribution in [-0.4, -0.2) is 30.8 Å². The van der Waals surface area contributed by atoms with Crippen molar-refractivity contribution in [2.45, 2.75) is 46.3 Å². The highest BCUT2D eigenvalue weighted by Gasteiger charge is 2.26. The van der Waals surface area contributed by atoms with Crippen LogP contribution in [0.5, 0.6) is 0 Å². The predicted octanol–water partition coefficient (Wildman–Crippen LogP) is 1.21. The smallest absolute Gasteiger partial charge is 0.408 e. The first kappa shape index (κ1) is 15.7. The van der Waals surface area contributed by atoms with E-state index >= 15 is 0 Å². The number of amides is 2. The van der Waals surface area contributed by atoms with E-state index in [1.807, 2.05) is 13.8 Å². The summed E-state index contributed by atoms with van der Waals surface area (Å²) in [5, 5.41) is 2.50. The fraction of sp³-hybridized carbons (Fsp3) is 0.818. The summed E-state index contributed by atoms with van der Waals surface area (Å²) in [5.41, 5.74) is 1.59. The molecule has 0 bridgehead atoms. The van der Waals surface area contributed by atoms with Crippen molar-refractivity contribution in [3.63, 3.8) is 0 Å². The molecule has 6 nitrogen and oxygen atoms in total. The summed E-state index contributed by atoms with van der Waals surface area (Å²) in [6.45, 7) is 8.90. The third kappa shape index (κ3) is 6.78. The maximum Gasteiger partial charge on any atom is 0.408 e. The maximum atomic E-state index is 11.6. The van der Waals surface area contributed by atoms with E-state index in [4.69, 9.17) is 4.74 Å². The predicted molar refractivity (Wildman–Crippen MR) is 63.1 cm³/mol. The van der Waals surface area contributed by atoms with E-state index in [-0.39, 0.29) is 5.92 Å². The molecular weight excluding hydrogens is 224 g/mol. The average Bonchev–Trinajstić information content (AvgIpc) is 2.11. The van der Waals surface area contributed by atoms with Crippen LogP contribution in [0.1, 0.15) is 34.6 Å².